The van der Waals surface area contributed by atoms with Crippen molar-refractivity contribution < 1.29 is 48.7 Å². The predicted molar refractivity (Wildman–Crippen MR) is 83.5 cm³/mol. The van der Waals surface area contributed by atoms with Gasteiger partial charge in [0.2, 0.25) is 11.6 Å². The van der Waals surface area contributed by atoms with Gasteiger partial charge in [0.1, 0.15) is 11.3 Å². The quantitative estimate of drug-likeness (QED) is 0.205. The first-order valence-electron chi connectivity index (χ1n) is 7.99. The van der Waals surface area contributed by atoms with Gasteiger partial charge in [-0.05, 0) is 13.0 Å². The highest BCUT2D eigenvalue weighted by Crippen LogP contribution is 2.33. The van der Waals surface area contributed by atoms with Crippen molar-refractivity contribution in [2.45, 2.75) is 13.1 Å². The first kappa shape index (κ1) is 23.0. The third kappa shape index (κ3) is 3.42. The van der Waals surface area contributed by atoms with E-state index in [9.17, 15) is 53.5 Å². The van der Waals surface area contributed by atoms with E-state index in [4.69, 9.17) is 0 Å². The number of H-pyrrole nitrogens is 1. The fraction of sp³-hybridized carbons (Fsp3) is 0.118. The topological polar surface area (TPSA) is 67.8 Å². The number of rotatable bonds is 3. The van der Waals surface area contributed by atoms with Gasteiger partial charge in [0.15, 0.2) is 34.8 Å². The number of halogens is 10. The molecule has 1 N–H and O–H groups in total. The summed E-state index contributed by atoms with van der Waals surface area (Å²) in [5.74, 6) is -18.1. The molecular weight excluding hydrogens is 468 g/mol. The maximum absolute atomic E-state index is 14.3. The molecule has 0 saturated carbocycles. The second-order valence-electron chi connectivity index (χ2n) is 6.15. The summed E-state index contributed by atoms with van der Waals surface area (Å²) in [5.41, 5.74) is -9.74. The standard InChI is InChI=1S/C17H5F10N3O2/c1-3-6(13(31)4-2-5(18)8(20)9(21)7(4)19)16(32)30(29-3)12-10(22)14(17(25,26)27)28-15(24)11(12)23/h2,29H,1H3. The SMILES string of the molecule is Cc1[nH]n(-c2c(F)c(F)nc(C(F)(F)F)c2F)c(=O)c1C(=O)c1cc(F)c(F)c(F)c1F. The van der Waals surface area contributed by atoms with Gasteiger partial charge in [-0.3, -0.25) is 14.7 Å². The van der Waals surface area contributed by atoms with Crippen LogP contribution in [0.15, 0.2) is 10.9 Å². The minimum atomic E-state index is -5.62. The minimum Gasteiger partial charge on any atom is -0.294 e. The molecule has 1 aromatic carbocycles. The summed E-state index contributed by atoms with van der Waals surface area (Å²) < 4.78 is 134. The van der Waals surface area contributed by atoms with E-state index in [1.165, 1.54) is 0 Å². The van der Waals surface area contributed by atoms with E-state index >= 15 is 0 Å². The van der Waals surface area contributed by atoms with Crippen LogP contribution in [0.3, 0.4) is 0 Å². The van der Waals surface area contributed by atoms with Crippen molar-refractivity contribution in [3.8, 4) is 5.69 Å². The van der Waals surface area contributed by atoms with E-state index in [0.29, 0.717) is 0 Å². The van der Waals surface area contributed by atoms with Crippen LogP contribution in [0, 0.1) is 47.8 Å². The zero-order valence-corrected chi connectivity index (χ0v) is 15.1. The lowest BCUT2D eigenvalue weighted by molar-refractivity contribution is -0.144. The van der Waals surface area contributed by atoms with Crippen LogP contribution in [0.25, 0.3) is 5.69 Å². The smallest absolute Gasteiger partial charge is 0.294 e. The molecule has 3 rings (SSSR count). The Labute approximate surface area is 168 Å². The van der Waals surface area contributed by atoms with Crippen LogP contribution < -0.4 is 5.56 Å². The molecule has 2 aromatic heterocycles. The number of aryl methyl sites for hydroxylation is 1. The summed E-state index contributed by atoms with van der Waals surface area (Å²) in [4.78, 5) is 27.1. The van der Waals surface area contributed by atoms with Crippen molar-refractivity contribution in [1.29, 1.82) is 0 Å². The summed E-state index contributed by atoms with van der Waals surface area (Å²) in [5, 5.41) is 1.79. The molecule has 2 heterocycles. The number of aromatic nitrogens is 3. The van der Waals surface area contributed by atoms with Crippen molar-refractivity contribution >= 4 is 5.78 Å². The van der Waals surface area contributed by atoms with Gasteiger partial charge in [-0.2, -0.15) is 22.0 Å². The van der Waals surface area contributed by atoms with E-state index in [-0.39, 0.29) is 10.7 Å². The Kier molecular flexibility index (Phi) is 5.39. The maximum atomic E-state index is 14.3. The van der Waals surface area contributed by atoms with Crippen LogP contribution in [0.1, 0.15) is 27.3 Å². The van der Waals surface area contributed by atoms with Crippen LogP contribution in [0.5, 0.6) is 0 Å². The number of pyridine rings is 1. The Balaban J connectivity index is 2.29. The average Bonchev–Trinajstić information content (AvgIpc) is 2.98. The van der Waals surface area contributed by atoms with E-state index in [2.05, 4.69) is 4.98 Å². The zero-order chi connectivity index (χ0) is 24.3. The number of benzene rings is 1. The molecule has 0 unspecified atom stereocenters. The highest BCUT2D eigenvalue weighted by atomic mass is 19.4. The third-order valence-corrected chi connectivity index (χ3v) is 4.15. The molecule has 5 nitrogen and oxygen atoms in total. The maximum Gasteiger partial charge on any atom is 0.436 e. The number of ketones is 1. The summed E-state index contributed by atoms with van der Waals surface area (Å²) in [7, 11) is 0. The molecule has 0 amide bonds. The molecule has 32 heavy (non-hydrogen) atoms. The molecule has 0 aliphatic rings. The number of nitrogens with zero attached hydrogens (tertiary/aromatic N) is 2. The van der Waals surface area contributed by atoms with Gasteiger partial charge in [-0.1, -0.05) is 0 Å². The van der Waals surface area contributed by atoms with Crippen molar-refractivity contribution in [2.24, 2.45) is 0 Å². The summed E-state index contributed by atoms with van der Waals surface area (Å²) >= 11 is 0. The molecule has 15 heteroatoms. The van der Waals surface area contributed by atoms with Crippen LogP contribution in [0.2, 0.25) is 0 Å². The zero-order valence-electron chi connectivity index (χ0n) is 15.1. The lowest BCUT2D eigenvalue weighted by Crippen LogP contribution is -2.25. The van der Waals surface area contributed by atoms with Crippen LogP contribution >= 0.6 is 0 Å². The molecule has 0 fully saturated rings. The Hall–Kier alpha value is -3.65. The Morgan fingerprint density at radius 3 is 2.09 bits per heavy atom. The van der Waals surface area contributed by atoms with Gasteiger partial charge in [-0.25, -0.2) is 31.6 Å². The number of alkyl halides is 3. The molecule has 0 saturated heterocycles. The monoisotopic (exact) mass is 473 g/mol. The lowest BCUT2D eigenvalue weighted by atomic mass is 10.0. The first-order chi connectivity index (χ1) is 14.7. The van der Waals surface area contributed by atoms with Crippen LogP contribution in [0.4, 0.5) is 43.9 Å². The molecule has 0 aliphatic heterocycles. The van der Waals surface area contributed by atoms with Crippen molar-refractivity contribution in [3.63, 3.8) is 0 Å². The van der Waals surface area contributed by atoms with Gasteiger partial charge >= 0.3 is 6.18 Å². The van der Waals surface area contributed by atoms with E-state index in [1.54, 1.807) is 5.10 Å². The Bertz CT molecular complexity index is 1340. The van der Waals surface area contributed by atoms with Crippen LogP contribution in [-0.4, -0.2) is 20.5 Å². The fourth-order valence-electron chi connectivity index (χ4n) is 2.73. The van der Waals surface area contributed by atoms with Gasteiger partial charge in [0, 0.05) is 5.69 Å². The molecule has 0 bridgehead atoms. The fourth-order valence-corrected chi connectivity index (χ4v) is 2.73. The molecule has 0 aliphatic carbocycles. The van der Waals surface area contributed by atoms with Gasteiger partial charge in [0.05, 0.1) is 5.56 Å². The predicted octanol–water partition coefficient (Wildman–Crippen LogP) is 4.09. The third-order valence-electron chi connectivity index (χ3n) is 4.15. The summed E-state index contributed by atoms with van der Waals surface area (Å²) in [6.07, 6.45) is -5.62. The van der Waals surface area contributed by atoms with Gasteiger partial charge in [-0.15, -0.1) is 0 Å². The minimum absolute atomic E-state index is 0.110. The van der Waals surface area contributed by atoms with Crippen molar-refractivity contribution in [3.05, 3.63) is 79.8 Å². The number of carbonyl (C=O) groups is 1. The average molecular weight is 473 g/mol. The van der Waals surface area contributed by atoms with Crippen molar-refractivity contribution in [2.75, 3.05) is 0 Å². The molecule has 0 atom stereocenters. The van der Waals surface area contributed by atoms with Gasteiger partial charge < -0.3 is 0 Å². The molecule has 0 spiro atoms. The van der Waals surface area contributed by atoms with E-state index < -0.39 is 86.6 Å². The normalized spacial score (nSPS) is 11.8. The second-order valence-corrected chi connectivity index (χ2v) is 6.15. The molecule has 170 valence electrons. The number of carbonyl (C=O) groups excluding carboxylic acids is 1. The van der Waals surface area contributed by atoms with E-state index in [0.717, 1.165) is 6.92 Å². The summed E-state index contributed by atoms with van der Waals surface area (Å²) in [6, 6.07) is -0.110. The number of hydrogen-bond donors (Lipinski definition) is 1. The number of hydrogen-bond acceptors (Lipinski definition) is 3. The molecule has 3 aromatic rings. The Morgan fingerprint density at radius 1 is 0.938 bits per heavy atom. The number of nitrogens with one attached hydrogen (secondary N) is 1. The van der Waals surface area contributed by atoms with Crippen LogP contribution in [-0.2, 0) is 6.18 Å². The van der Waals surface area contributed by atoms with E-state index in [1.807, 2.05) is 0 Å². The second kappa shape index (κ2) is 7.49. The molecule has 0 radical (unpaired) electrons. The summed E-state index contributed by atoms with van der Waals surface area (Å²) in [6.45, 7) is 0.845. The first-order valence-corrected chi connectivity index (χ1v) is 7.99. The lowest BCUT2D eigenvalue weighted by Gasteiger charge is -2.12. The highest BCUT2D eigenvalue weighted by Gasteiger charge is 2.41. The van der Waals surface area contributed by atoms with Crippen molar-refractivity contribution in [1.82, 2.24) is 14.8 Å². The van der Waals surface area contributed by atoms with Gasteiger partial charge in [0.25, 0.3) is 11.5 Å². The highest BCUT2D eigenvalue weighted by molar-refractivity contribution is 6.09. The Morgan fingerprint density at radius 2 is 1.53 bits per heavy atom. The largest absolute Gasteiger partial charge is 0.436 e. The molecular formula is C17H5F10N3O2. The number of aromatic amines is 1.